The Bertz CT molecular complexity index is 715. The lowest BCUT2D eigenvalue weighted by Gasteiger charge is -2.21. The van der Waals surface area contributed by atoms with E-state index in [4.69, 9.17) is 9.47 Å². The highest BCUT2D eigenvalue weighted by atomic mass is 16.5. The van der Waals surface area contributed by atoms with Crippen LogP contribution in [0.3, 0.4) is 0 Å². The highest BCUT2D eigenvalue weighted by Gasteiger charge is 2.21. The zero-order valence-corrected chi connectivity index (χ0v) is 13.3. The number of aryl methyl sites for hydroxylation is 3. The van der Waals surface area contributed by atoms with Crippen molar-refractivity contribution >= 4 is 5.97 Å². The first kappa shape index (κ1) is 14.7. The van der Waals surface area contributed by atoms with E-state index in [1.54, 1.807) is 7.11 Å². The van der Waals surface area contributed by atoms with Crippen molar-refractivity contribution in [1.82, 2.24) is 4.57 Å². The van der Waals surface area contributed by atoms with E-state index in [9.17, 15) is 4.79 Å². The number of nitrogens with zero attached hydrogens (tertiary/aromatic N) is 1. The highest BCUT2D eigenvalue weighted by molar-refractivity contribution is 5.91. The second-order valence-corrected chi connectivity index (χ2v) is 5.45. The molecule has 0 saturated carbocycles. The molecule has 22 heavy (non-hydrogen) atoms. The topological polar surface area (TPSA) is 40.5 Å². The number of methoxy groups -OCH3 is 1. The van der Waals surface area contributed by atoms with Gasteiger partial charge in [0.2, 0.25) is 0 Å². The Morgan fingerprint density at radius 1 is 1.27 bits per heavy atom. The van der Waals surface area contributed by atoms with Crippen LogP contribution in [-0.4, -0.2) is 24.3 Å². The summed E-state index contributed by atoms with van der Waals surface area (Å²) < 4.78 is 12.7. The molecular weight excluding hydrogens is 278 g/mol. The van der Waals surface area contributed by atoms with Crippen LogP contribution in [0, 0.1) is 0 Å². The number of hydrogen-bond acceptors (Lipinski definition) is 3. The number of esters is 1. The van der Waals surface area contributed by atoms with Crippen LogP contribution in [0.15, 0.2) is 24.4 Å². The van der Waals surface area contributed by atoms with Gasteiger partial charge in [-0.05, 0) is 49.1 Å². The van der Waals surface area contributed by atoms with E-state index >= 15 is 0 Å². The van der Waals surface area contributed by atoms with Crippen molar-refractivity contribution in [3.8, 4) is 17.0 Å². The SMILES string of the molecule is CCOC(=O)c1cc2n(c1)CCc1cc(OC)c(CC)cc1-2. The van der Waals surface area contributed by atoms with Crippen molar-refractivity contribution in [2.75, 3.05) is 13.7 Å². The molecule has 3 rings (SSSR count). The fraction of sp³-hybridized carbons (Fsp3) is 0.389. The summed E-state index contributed by atoms with van der Waals surface area (Å²) in [5, 5.41) is 0. The Balaban J connectivity index is 2.07. The Hall–Kier alpha value is -2.23. The third-order valence-corrected chi connectivity index (χ3v) is 4.19. The standard InChI is InChI=1S/C18H21NO3/c1-4-12-8-15-13(10-17(12)21-3)6-7-19-11-14(9-16(15)19)18(20)22-5-2/h8-11H,4-7H2,1-3H3. The molecule has 0 saturated heterocycles. The Kier molecular flexibility index (Phi) is 3.92. The minimum Gasteiger partial charge on any atom is -0.496 e. The average molecular weight is 299 g/mol. The molecule has 0 atom stereocenters. The van der Waals surface area contributed by atoms with Crippen molar-refractivity contribution in [3.05, 3.63) is 41.1 Å². The predicted octanol–water partition coefficient (Wildman–Crippen LogP) is 3.46. The molecule has 2 aromatic rings. The molecule has 0 spiro atoms. The molecule has 0 unspecified atom stereocenters. The van der Waals surface area contributed by atoms with Gasteiger partial charge < -0.3 is 14.0 Å². The third-order valence-electron chi connectivity index (χ3n) is 4.19. The quantitative estimate of drug-likeness (QED) is 0.812. The van der Waals surface area contributed by atoms with Crippen LogP contribution < -0.4 is 4.74 Å². The highest BCUT2D eigenvalue weighted by Crippen LogP contribution is 2.36. The lowest BCUT2D eigenvalue weighted by molar-refractivity contribution is 0.0526. The summed E-state index contributed by atoms with van der Waals surface area (Å²) in [7, 11) is 1.71. The van der Waals surface area contributed by atoms with Crippen LogP contribution in [0.5, 0.6) is 5.75 Å². The normalized spacial score (nSPS) is 12.5. The van der Waals surface area contributed by atoms with Gasteiger partial charge in [-0.1, -0.05) is 6.92 Å². The van der Waals surface area contributed by atoms with E-state index in [1.165, 1.54) is 16.7 Å². The fourth-order valence-corrected chi connectivity index (χ4v) is 3.07. The summed E-state index contributed by atoms with van der Waals surface area (Å²) in [6, 6.07) is 6.25. The van der Waals surface area contributed by atoms with Crippen LogP contribution >= 0.6 is 0 Å². The van der Waals surface area contributed by atoms with E-state index in [0.29, 0.717) is 12.2 Å². The molecule has 0 fully saturated rings. The van der Waals surface area contributed by atoms with Gasteiger partial charge in [-0.15, -0.1) is 0 Å². The number of fused-ring (bicyclic) bond motifs is 3. The predicted molar refractivity (Wildman–Crippen MR) is 85.5 cm³/mol. The largest absolute Gasteiger partial charge is 0.496 e. The number of rotatable bonds is 4. The molecular formula is C18H21NO3. The molecule has 4 nitrogen and oxygen atoms in total. The number of ether oxygens (including phenoxy) is 2. The number of carbonyl (C=O) groups excluding carboxylic acids is 1. The van der Waals surface area contributed by atoms with Gasteiger partial charge in [-0.3, -0.25) is 0 Å². The van der Waals surface area contributed by atoms with Gasteiger partial charge in [0, 0.05) is 24.0 Å². The van der Waals surface area contributed by atoms with Crippen molar-refractivity contribution < 1.29 is 14.3 Å². The maximum absolute atomic E-state index is 11.9. The monoisotopic (exact) mass is 299 g/mol. The van der Waals surface area contributed by atoms with Crippen molar-refractivity contribution in [1.29, 1.82) is 0 Å². The van der Waals surface area contributed by atoms with E-state index in [2.05, 4.69) is 23.6 Å². The number of aromatic nitrogens is 1. The molecule has 116 valence electrons. The lowest BCUT2D eigenvalue weighted by Crippen LogP contribution is -2.10. The molecule has 1 aromatic heterocycles. The van der Waals surface area contributed by atoms with Crippen molar-refractivity contribution in [2.24, 2.45) is 0 Å². The summed E-state index contributed by atoms with van der Waals surface area (Å²) in [4.78, 5) is 11.9. The summed E-state index contributed by atoms with van der Waals surface area (Å²) in [5.74, 6) is 0.696. The maximum atomic E-state index is 11.9. The van der Waals surface area contributed by atoms with Gasteiger partial charge in [0.25, 0.3) is 0 Å². The molecule has 0 amide bonds. The van der Waals surface area contributed by atoms with Gasteiger partial charge in [0.1, 0.15) is 5.75 Å². The van der Waals surface area contributed by atoms with Crippen molar-refractivity contribution in [2.45, 2.75) is 33.2 Å². The lowest BCUT2D eigenvalue weighted by atomic mass is 9.94. The van der Waals surface area contributed by atoms with Crippen molar-refractivity contribution in [3.63, 3.8) is 0 Å². The second kappa shape index (κ2) is 5.87. The second-order valence-electron chi connectivity index (χ2n) is 5.45. The molecule has 4 heteroatoms. The molecule has 0 bridgehead atoms. The smallest absolute Gasteiger partial charge is 0.339 e. The molecule has 1 aliphatic heterocycles. The van der Waals surface area contributed by atoms with E-state index < -0.39 is 0 Å². The van der Waals surface area contributed by atoms with E-state index in [0.717, 1.165) is 30.8 Å². The van der Waals surface area contributed by atoms with Gasteiger partial charge in [0.15, 0.2) is 0 Å². The molecule has 1 aliphatic rings. The zero-order chi connectivity index (χ0) is 15.7. The Labute approximate surface area is 130 Å². The minimum absolute atomic E-state index is 0.254. The van der Waals surface area contributed by atoms with Gasteiger partial charge >= 0.3 is 5.97 Å². The van der Waals surface area contributed by atoms with Gasteiger partial charge in [-0.2, -0.15) is 0 Å². The van der Waals surface area contributed by atoms with Crippen LogP contribution in [0.25, 0.3) is 11.3 Å². The summed E-state index contributed by atoms with van der Waals surface area (Å²) in [5.41, 5.74) is 5.36. The Morgan fingerprint density at radius 3 is 2.77 bits per heavy atom. The average Bonchev–Trinajstić information content (AvgIpc) is 2.98. The first-order chi connectivity index (χ1) is 10.7. The van der Waals surface area contributed by atoms with E-state index in [-0.39, 0.29) is 5.97 Å². The van der Waals surface area contributed by atoms with Crippen LogP contribution in [0.1, 0.15) is 35.3 Å². The van der Waals surface area contributed by atoms with Crippen LogP contribution in [-0.2, 0) is 24.1 Å². The molecule has 0 N–H and O–H groups in total. The van der Waals surface area contributed by atoms with Gasteiger partial charge in [0.05, 0.1) is 19.3 Å². The van der Waals surface area contributed by atoms with Gasteiger partial charge in [-0.25, -0.2) is 4.79 Å². The molecule has 0 aliphatic carbocycles. The van der Waals surface area contributed by atoms with Crippen LogP contribution in [0.2, 0.25) is 0 Å². The third kappa shape index (κ3) is 2.39. The molecule has 2 heterocycles. The first-order valence-electron chi connectivity index (χ1n) is 7.75. The number of carbonyl (C=O) groups is 1. The number of hydrogen-bond donors (Lipinski definition) is 0. The van der Waals surface area contributed by atoms with E-state index in [1.807, 2.05) is 19.2 Å². The first-order valence-corrected chi connectivity index (χ1v) is 7.75. The fourth-order valence-electron chi connectivity index (χ4n) is 3.07. The zero-order valence-electron chi connectivity index (χ0n) is 13.3. The number of benzene rings is 1. The molecule has 0 radical (unpaired) electrons. The summed E-state index contributed by atoms with van der Waals surface area (Å²) >= 11 is 0. The minimum atomic E-state index is -0.254. The Morgan fingerprint density at radius 2 is 2.09 bits per heavy atom. The maximum Gasteiger partial charge on any atom is 0.339 e. The molecule has 1 aromatic carbocycles. The summed E-state index contributed by atoms with van der Waals surface area (Å²) in [6.07, 6.45) is 3.76. The van der Waals surface area contributed by atoms with Crippen LogP contribution in [0.4, 0.5) is 0 Å². The summed E-state index contributed by atoms with van der Waals surface area (Å²) in [6.45, 7) is 5.21.